The lowest BCUT2D eigenvalue weighted by Crippen LogP contribution is -2.31. The van der Waals surface area contributed by atoms with Crippen molar-refractivity contribution in [2.45, 2.75) is 0 Å². The van der Waals surface area contributed by atoms with E-state index in [-0.39, 0.29) is 17.7 Å². The summed E-state index contributed by atoms with van der Waals surface area (Å²) in [5, 5.41) is 15.6. The first-order valence-corrected chi connectivity index (χ1v) is 7.23. The molecule has 0 aromatic heterocycles. The third-order valence-corrected chi connectivity index (χ3v) is 2.98. The Morgan fingerprint density at radius 1 is 1.45 bits per heavy atom. The monoisotopic (exact) mass is 300 g/mol. The first kappa shape index (κ1) is 16.1. The van der Waals surface area contributed by atoms with Gasteiger partial charge >= 0.3 is 0 Å². The molecule has 0 aliphatic carbocycles. The van der Waals surface area contributed by atoms with Gasteiger partial charge in [0.15, 0.2) is 0 Å². The van der Waals surface area contributed by atoms with Crippen molar-refractivity contribution in [3.05, 3.63) is 35.1 Å². The molecule has 0 fully saturated rings. The van der Waals surface area contributed by atoms with E-state index in [4.69, 9.17) is 10.2 Å². The van der Waals surface area contributed by atoms with E-state index in [1.165, 1.54) is 12.1 Å². The van der Waals surface area contributed by atoms with E-state index in [0.29, 0.717) is 0 Å². The first-order chi connectivity index (χ1) is 9.33. The van der Waals surface area contributed by atoms with Crippen LogP contribution in [0.1, 0.15) is 15.9 Å². The summed E-state index contributed by atoms with van der Waals surface area (Å²) >= 11 is 0. The molecule has 0 saturated heterocycles. The highest BCUT2D eigenvalue weighted by molar-refractivity contribution is 7.89. The summed E-state index contributed by atoms with van der Waals surface area (Å²) in [6, 6.07) is 3.62. The number of carbonyl (C=O) groups excluding carboxylic acids is 1. The normalized spacial score (nSPS) is 10.6. The van der Waals surface area contributed by atoms with Crippen LogP contribution in [-0.4, -0.2) is 38.3 Å². The number of nitrogens with one attached hydrogen (secondary N) is 1. The van der Waals surface area contributed by atoms with Crippen LogP contribution in [0, 0.1) is 17.7 Å². The van der Waals surface area contributed by atoms with Crippen molar-refractivity contribution in [2.24, 2.45) is 5.14 Å². The first-order valence-electron chi connectivity index (χ1n) is 5.51. The molecule has 0 aliphatic heterocycles. The molecule has 0 radical (unpaired) electrons. The Morgan fingerprint density at radius 3 is 2.70 bits per heavy atom. The summed E-state index contributed by atoms with van der Waals surface area (Å²) in [6.07, 6.45) is 0. The highest BCUT2D eigenvalue weighted by Crippen LogP contribution is 2.09. The van der Waals surface area contributed by atoms with Crippen LogP contribution >= 0.6 is 0 Å². The predicted octanol–water partition coefficient (Wildman–Crippen LogP) is -0.812. The summed E-state index contributed by atoms with van der Waals surface area (Å²) < 4.78 is 34.9. The molecule has 0 atom stereocenters. The van der Waals surface area contributed by atoms with Gasteiger partial charge in [0.05, 0.1) is 11.3 Å². The zero-order valence-electron chi connectivity index (χ0n) is 10.4. The van der Waals surface area contributed by atoms with E-state index in [0.717, 1.165) is 6.07 Å². The molecule has 1 rings (SSSR count). The maximum atomic E-state index is 13.6. The van der Waals surface area contributed by atoms with Crippen LogP contribution in [0.25, 0.3) is 0 Å². The zero-order valence-corrected chi connectivity index (χ0v) is 11.2. The molecule has 6 nitrogen and oxygen atoms in total. The van der Waals surface area contributed by atoms with Gasteiger partial charge in [0.2, 0.25) is 10.0 Å². The molecule has 1 aromatic rings. The van der Waals surface area contributed by atoms with Crippen molar-refractivity contribution >= 4 is 15.9 Å². The number of benzene rings is 1. The number of aliphatic hydroxyl groups excluding tert-OH is 1. The molecule has 4 N–H and O–H groups in total. The highest BCUT2D eigenvalue weighted by atomic mass is 32.2. The summed E-state index contributed by atoms with van der Waals surface area (Å²) in [5.41, 5.74) is 0.0894. The van der Waals surface area contributed by atoms with Crippen LogP contribution in [-0.2, 0) is 10.0 Å². The van der Waals surface area contributed by atoms with Crippen LogP contribution in [0.4, 0.5) is 4.39 Å². The van der Waals surface area contributed by atoms with Crippen LogP contribution in [0.5, 0.6) is 0 Å². The van der Waals surface area contributed by atoms with Crippen LogP contribution in [0.2, 0.25) is 0 Å². The Morgan fingerprint density at radius 2 is 2.15 bits per heavy atom. The number of aliphatic hydroxyl groups is 1. The number of hydrogen-bond acceptors (Lipinski definition) is 4. The second-order valence-electron chi connectivity index (χ2n) is 3.78. The number of nitrogens with two attached hydrogens (primary N) is 1. The van der Waals surface area contributed by atoms with Crippen molar-refractivity contribution in [3.8, 4) is 11.8 Å². The average molecular weight is 300 g/mol. The van der Waals surface area contributed by atoms with Crippen molar-refractivity contribution in [1.82, 2.24) is 5.32 Å². The summed E-state index contributed by atoms with van der Waals surface area (Å²) in [6.45, 7) is -0.555. The van der Waals surface area contributed by atoms with Crippen molar-refractivity contribution in [3.63, 3.8) is 0 Å². The Bertz CT molecular complexity index is 662. The van der Waals surface area contributed by atoms with E-state index in [2.05, 4.69) is 17.2 Å². The molecule has 108 valence electrons. The maximum absolute atomic E-state index is 13.6. The minimum Gasteiger partial charge on any atom is -0.384 e. The van der Waals surface area contributed by atoms with E-state index < -0.39 is 34.1 Å². The van der Waals surface area contributed by atoms with Gasteiger partial charge in [-0.2, -0.15) is 0 Å². The topological polar surface area (TPSA) is 109 Å². The summed E-state index contributed by atoms with van der Waals surface area (Å²) in [7, 11) is -3.66. The third-order valence-electron chi connectivity index (χ3n) is 2.21. The lowest BCUT2D eigenvalue weighted by Gasteiger charge is -2.05. The second-order valence-corrected chi connectivity index (χ2v) is 5.51. The van der Waals surface area contributed by atoms with Gasteiger partial charge in [-0.25, -0.2) is 17.9 Å². The average Bonchev–Trinajstić information content (AvgIpc) is 2.35. The standard InChI is InChI=1S/C12H13FN2O4S/c13-11-8-10(4-3-9(11)2-1-6-16)12(17)15-5-7-20(14,18)19/h3-4,8,16H,5-7H2,(H,15,17)(H2,14,18,19). The Hall–Kier alpha value is -1.95. The molecular formula is C12H13FN2O4S. The molecule has 0 aliphatic rings. The Labute approximate surface area is 115 Å². The number of halogens is 1. The molecular weight excluding hydrogens is 287 g/mol. The smallest absolute Gasteiger partial charge is 0.251 e. The SMILES string of the molecule is NS(=O)(=O)CCNC(=O)c1ccc(C#CCO)c(F)c1. The fourth-order valence-electron chi connectivity index (χ4n) is 1.30. The number of carbonyl (C=O) groups is 1. The van der Waals surface area contributed by atoms with Crippen molar-refractivity contribution in [2.75, 3.05) is 18.9 Å². The van der Waals surface area contributed by atoms with Crippen LogP contribution < -0.4 is 10.5 Å². The number of sulfonamides is 1. The van der Waals surface area contributed by atoms with E-state index in [1.807, 2.05) is 0 Å². The minimum atomic E-state index is -3.66. The van der Waals surface area contributed by atoms with Gasteiger partial charge in [-0.1, -0.05) is 11.8 Å². The largest absolute Gasteiger partial charge is 0.384 e. The molecule has 0 saturated carbocycles. The zero-order chi connectivity index (χ0) is 15.2. The molecule has 20 heavy (non-hydrogen) atoms. The van der Waals surface area contributed by atoms with Gasteiger partial charge in [0, 0.05) is 12.1 Å². The second kappa shape index (κ2) is 7.00. The molecule has 0 unspecified atom stereocenters. The molecule has 1 aromatic carbocycles. The maximum Gasteiger partial charge on any atom is 0.251 e. The highest BCUT2D eigenvalue weighted by Gasteiger charge is 2.10. The van der Waals surface area contributed by atoms with Gasteiger partial charge in [-0.3, -0.25) is 4.79 Å². The third kappa shape index (κ3) is 5.36. The van der Waals surface area contributed by atoms with Crippen molar-refractivity contribution in [1.29, 1.82) is 0 Å². The van der Waals surface area contributed by atoms with Crippen molar-refractivity contribution < 1.29 is 22.7 Å². The Balaban J connectivity index is 2.73. The minimum absolute atomic E-state index is 0.0338. The van der Waals surface area contributed by atoms with Gasteiger partial charge in [-0.15, -0.1) is 0 Å². The predicted molar refractivity (Wildman–Crippen MR) is 70.7 cm³/mol. The van der Waals surface area contributed by atoms with Gasteiger partial charge in [0.25, 0.3) is 5.91 Å². The fourth-order valence-corrected chi connectivity index (χ4v) is 1.69. The van der Waals surface area contributed by atoms with Crippen LogP contribution in [0.3, 0.4) is 0 Å². The van der Waals surface area contributed by atoms with Crippen LogP contribution in [0.15, 0.2) is 18.2 Å². The summed E-state index contributed by atoms with van der Waals surface area (Å²) in [4.78, 5) is 11.6. The van der Waals surface area contributed by atoms with Gasteiger partial charge in [0.1, 0.15) is 12.4 Å². The van der Waals surface area contributed by atoms with E-state index in [9.17, 15) is 17.6 Å². The fraction of sp³-hybridized carbons (Fsp3) is 0.250. The molecule has 1 amide bonds. The number of amides is 1. The van der Waals surface area contributed by atoms with E-state index >= 15 is 0 Å². The van der Waals surface area contributed by atoms with Gasteiger partial charge < -0.3 is 10.4 Å². The number of hydrogen-bond donors (Lipinski definition) is 3. The quantitative estimate of drug-likeness (QED) is 0.632. The number of rotatable bonds is 4. The molecule has 0 spiro atoms. The van der Waals surface area contributed by atoms with Gasteiger partial charge in [-0.05, 0) is 18.2 Å². The lowest BCUT2D eigenvalue weighted by atomic mass is 10.1. The molecule has 0 bridgehead atoms. The Kier molecular flexibility index (Phi) is 5.64. The number of primary sulfonamides is 1. The van der Waals surface area contributed by atoms with E-state index in [1.54, 1.807) is 0 Å². The lowest BCUT2D eigenvalue weighted by molar-refractivity contribution is 0.0955. The summed E-state index contributed by atoms with van der Waals surface area (Å²) in [5.74, 6) is 2.96. The molecule has 8 heteroatoms. The molecule has 0 heterocycles.